The van der Waals surface area contributed by atoms with Crippen LogP contribution in [0, 0.1) is 0 Å². The zero-order valence-electron chi connectivity index (χ0n) is 8.64. The Morgan fingerprint density at radius 1 is 1.33 bits per heavy atom. The number of benzene rings is 1. The SMILES string of the molecule is CC(C)c1ccc2c(c1)sc1nncn12. The van der Waals surface area contributed by atoms with Crippen molar-refractivity contribution >= 4 is 26.5 Å². The first-order chi connectivity index (χ1) is 7.25. The topological polar surface area (TPSA) is 30.2 Å². The van der Waals surface area contributed by atoms with E-state index in [2.05, 4.69) is 42.2 Å². The minimum atomic E-state index is 0.571. The van der Waals surface area contributed by atoms with Crippen LogP contribution in [0.1, 0.15) is 25.3 Å². The zero-order valence-corrected chi connectivity index (χ0v) is 9.45. The molecule has 2 aromatic heterocycles. The van der Waals surface area contributed by atoms with Crippen LogP contribution in [-0.4, -0.2) is 14.6 Å². The van der Waals surface area contributed by atoms with Crippen LogP contribution in [0.4, 0.5) is 0 Å². The summed E-state index contributed by atoms with van der Waals surface area (Å²) in [5.41, 5.74) is 2.57. The number of fused-ring (bicyclic) bond motifs is 3. The third kappa shape index (κ3) is 1.25. The lowest BCUT2D eigenvalue weighted by Crippen LogP contribution is -1.86. The van der Waals surface area contributed by atoms with E-state index in [0.717, 1.165) is 4.96 Å². The summed E-state index contributed by atoms with van der Waals surface area (Å²) < 4.78 is 3.32. The van der Waals surface area contributed by atoms with E-state index in [4.69, 9.17) is 0 Å². The van der Waals surface area contributed by atoms with Gasteiger partial charge in [0.1, 0.15) is 6.33 Å². The van der Waals surface area contributed by atoms with Gasteiger partial charge in [-0.25, -0.2) is 0 Å². The van der Waals surface area contributed by atoms with E-state index in [9.17, 15) is 0 Å². The molecule has 2 heterocycles. The second-order valence-electron chi connectivity index (χ2n) is 3.97. The molecule has 4 heteroatoms. The number of rotatable bonds is 1. The van der Waals surface area contributed by atoms with Crippen molar-refractivity contribution in [1.29, 1.82) is 0 Å². The van der Waals surface area contributed by atoms with E-state index in [1.807, 2.05) is 4.40 Å². The third-order valence-corrected chi connectivity index (χ3v) is 3.64. The second kappa shape index (κ2) is 3.03. The van der Waals surface area contributed by atoms with E-state index in [1.165, 1.54) is 15.8 Å². The first kappa shape index (κ1) is 8.85. The van der Waals surface area contributed by atoms with Gasteiger partial charge in [0.2, 0.25) is 4.96 Å². The van der Waals surface area contributed by atoms with Crippen LogP contribution in [0.3, 0.4) is 0 Å². The molecule has 0 radical (unpaired) electrons. The Balaban J connectivity index is 2.35. The number of thiazole rings is 1. The molecular weight excluding hydrogens is 206 g/mol. The number of aromatic nitrogens is 3. The molecule has 0 aliphatic heterocycles. The van der Waals surface area contributed by atoms with Crippen molar-refractivity contribution in [3.8, 4) is 0 Å². The first-order valence-electron chi connectivity index (χ1n) is 4.98. The van der Waals surface area contributed by atoms with E-state index in [0.29, 0.717) is 5.92 Å². The van der Waals surface area contributed by atoms with Gasteiger partial charge in [-0.1, -0.05) is 31.3 Å². The molecule has 3 nitrogen and oxygen atoms in total. The largest absolute Gasteiger partial charge is 0.272 e. The highest BCUT2D eigenvalue weighted by atomic mass is 32.1. The van der Waals surface area contributed by atoms with Gasteiger partial charge < -0.3 is 0 Å². The molecule has 0 N–H and O–H groups in total. The van der Waals surface area contributed by atoms with Gasteiger partial charge in [-0.2, -0.15) is 0 Å². The molecule has 3 aromatic rings. The highest BCUT2D eigenvalue weighted by Gasteiger charge is 2.07. The number of hydrogen-bond donors (Lipinski definition) is 0. The van der Waals surface area contributed by atoms with Gasteiger partial charge in [-0.15, -0.1) is 10.2 Å². The van der Waals surface area contributed by atoms with Crippen LogP contribution in [-0.2, 0) is 0 Å². The van der Waals surface area contributed by atoms with Crippen molar-refractivity contribution in [3.05, 3.63) is 30.1 Å². The Bertz CT molecular complexity index is 621. The number of hydrogen-bond acceptors (Lipinski definition) is 3. The minimum absolute atomic E-state index is 0.571. The highest BCUT2D eigenvalue weighted by Crippen LogP contribution is 2.27. The Hall–Kier alpha value is -1.42. The van der Waals surface area contributed by atoms with Crippen molar-refractivity contribution < 1.29 is 0 Å². The lowest BCUT2D eigenvalue weighted by Gasteiger charge is -2.03. The molecule has 0 bridgehead atoms. The summed E-state index contributed by atoms with van der Waals surface area (Å²) in [6, 6.07) is 6.58. The van der Waals surface area contributed by atoms with Gasteiger partial charge in [-0.3, -0.25) is 4.40 Å². The fourth-order valence-corrected chi connectivity index (χ4v) is 2.72. The van der Waals surface area contributed by atoms with E-state index < -0.39 is 0 Å². The van der Waals surface area contributed by atoms with Crippen LogP contribution in [0.25, 0.3) is 15.2 Å². The lowest BCUT2D eigenvalue weighted by atomic mass is 10.0. The van der Waals surface area contributed by atoms with Crippen LogP contribution in [0.15, 0.2) is 24.5 Å². The van der Waals surface area contributed by atoms with Crippen molar-refractivity contribution in [2.45, 2.75) is 19.8 Å². The summed E-state index contributed by atoms with van der Waals surface area (Å²) in [7, 11) is 0. The van der Waals surface area contributed by atoms with Gasteiger partial charge in [0.05, 0.1) is 10.2 Å². The van der Waals surface area contributed by atoms with E-state index >= 15 is 0 Å². The van der Waals surface area contributed by atoms with Crippen molar-refractivity contribution in [2.75, 3.05) is 0 Å². The molecule has 0 unspecified atom stereocenters. The fraction of sp³-hybridized carbons (Fsp3) is 0.273. The summed E-state index contributed by atoms with van der Waals surface area (Å²) in [5, 5.41) is 7.95. The Kier molecular flexibility index (Phi) is 1.79. The van der Waals surface area contributed by atoms with Crippen molar-refractivity contribution in [1.82, 2.24) is 14.6 Å². The van der Waals surface area contributed by atoms with Gasteiger partial charge >= 0.3 is 0 Å². The standard InChI is InChI=1S/C11H11N3S/c1-7(2)8-3-4-9-10(5-8)15-11-13-12-6-14(9)11/h3-7H,1-2H3. The van der Waals surface area contributed by atoms with Crippen molar-refractivity contribution in [2.24, 2.45) is 0 Å². The van der Waals surface area contributed by atoms with Crippen LogP contribution >= 0.6 is 11.3 Å². The van der Waals surface area contributed by atoms with Crippen LogP contribution in [0.2, 0.25) is 0 Å². The molecule has 0 aliphatic carbocycles. The molecule has 0 saturated carbocycles. The minimum Gasteiger partial charge on any atom is -0.272 e. The van der Waals surface area contributed by atoms with Crippen LogP contribution < -0.4 is 0 Å². The maximum absolute atomic E-state index is 4.06. The predicted octanol–water partition coefficient (Wildman–Crippen LogP) is 3.07. The van der Waals surface area contributed by atoms with Crippen LogP contribution in [0.5, 0.6) is 0 Å². The third-order valence-electron chi connectivity index (χ3n) is 2.63. The van der Waals surface area contributed by atoms with E-state index in [1.54, 1.807) is 17.7 Å². The fourth-order valence-electron chi connectivity index (χ4n) is 1.73. The quantitative estimate of drug-likeness (QED) is 0.627. The first-order valence-corrected chi connectivity index (χ1v) is 5.79. The molecule has 0 spiro atoms. The maximum atomic E-state index is 4.06. The predicted molar refractivity (Wildman–Crippen MR) is 62.5 cm³/mol. The Morgan fingerprint density at radius 3 is 3.00 bits per heavy atom. The molecule has 3 rings (SSSR count). The Labute approximate surface area is 91.4 Å². The van der Waals surface area contributed by atoms with Gasteiger partial charge in [0.25, 0.3) is 0 Å². The second-order valence-corrected chi connectivity index (χ2v) is 4.98. The molecular formula is C11H11N3S. The zero-order chi connectivity index (χ0) is 10.4. The highest BCUT2D eigenvalue weighted by molar-refractivity contribution is 7.23. The van der Waals surface area contributed by atoms with Crippen molar-refractivity contribution in [3.63, 3.8) is 0 Å². The van der Waals surface area contributed by atoms with Gasteiger partial charge in [0.15, 0.2) is 0 Å². The average Bonchev–Trinajstić information content (AvgIpc) is 2.75. The van der Waals surface area contributed by atoms with Gasteiger partial charge in [0, 0.05) is 0 Å². The normalized spacial score (nSPS) is 11.9. The lowest BCUT2D eigenvalue weighted by molar-refractivity contribution is 0.869. The average molecular weight is 217 g/mol. The van der Waals surface area contributed by atoms with Gasteiger partial charge in [-0.05, 0) is 23.6 Å². The molecule has 0 atom stereocenters. The summed E-state index contributed by atoms with van der Waals surface area (Å²) in [6.07, 6.45) is 1.77. The monoisotopic (exact) mass is 217 g/mol. The summed E-state index contributed by atoms with van der Waals surface area (Å²) in [5.74, 6) is 0.571. The number of nitrogens with zero attached hydrogens (tertiary/aromatic N) is 3. The maximum Gasteiger partial charge on any atom is 0.217 e. The smallest absolute Gasteiger partial charge is 0.217 e. The summed E-state index contributed by atoms with van der Waals surface area (Å²) in [6.45, 7) is 4.42. The molecule has 0 aliphatic rings. The molecule has 0 saturated heterocycles. The summed E-state index contributed by atoms with van der Waals surface area (Å²) in [4.78, 5) is 0.964. The molecule has 1 aromatic carbocycles. The van der Waals surface area contributed by atoms with E-state index in [-0.39, 0.29) is 0 Å². The Morgan fingerprint density at radius 2 is 2.20 bits per heavy atom. The summed E-state index contributed by atoms with van der Waals surface area (Å²) >= 11 is 1.69. The molecule has 76 valence electrons. The molecule has 0 fully saturated rings. The molecule has 0 amide bonds. The molecule has 15 heavy (non-hydrogen) atoms.